The van der Waals surface area contributed by atoms with Crippen molar-refractivity contribution in [2.24, 2.45) is 0 Å². The third-order valence-electron chi connectivity index (χ3n) is 3.30. The number of nitrogens with zero attached hydrogens (tertiary/aromatic N) is 1. The molecule has 0 aliphatic rings. The molecule has 0 saturated heterocycles. The van der Waals surface area contributed by atoms with Gasteiger partial charge in [0.2, 0.25) is 0 Å². The van der Waals surface area contributed by atoms with Gasteiger partial charge in [-0.2, -0.15) is 0 Å². The number of H-pyrrole nitrogens is 1. The molecule has 1 aromatic heterocycles. The lowest BCUT2D eigenvalue weighted by Crippen LogP contribution is -2.32. The first-order chi connectivity index (χ1) is 8.86. The van der Waals surface area contributed by atoms with E-state index in [0.29, 0.717) is 12.4 Å². The zero-order valence-corrected chi connectivity index (χ0v) is 12.1. The fourth-order valence-corrected chi connectivity index (χ4v) is 2.18. The van der Waals surface area contributed by atoms with Crippen LogP contribution in [-0.4, -0.2) is 22.5 Å². The van der Waals surface area contributed by atoms with E-state index in [1.54, 1.807) is 6.92 Å². The summed E-state index contributed by atoms with van der Waals surface area (Å²) in [6.07, 6.45) is 0. The summed E-state index contributed by atoms with van der Waals surface area (Å²) in [4.78, 5) is 19.8. The van der Waals surface area contributed by atoms with Crippen LogP contribution in [0.1, 0.15) is 37.7 Å². The highest BCUT2D eigenvalue weighted by Gasteiger charge is 2.34. The van der Waals surface area contributed by atoms with Crippen molar-refractivity contribution in [1.29, 1.82) is 0 Å². The summed E-state index contributed by atoms with van der Waals surface area (Å²) in [6, 6.07) is 4.13. The van der Waals surface area contributed by atoms with Crippen molar-refractivity contribution >= 4 is 17.0 Å². The summed E-state index contributed by atoms with van der Waals surface area (Å²) < 4.78 is 5.11. The zero-order valence-electron chi connectivity index (χ0n) is 12.1. The van der Waals surface area contributed by atoms with Crippen LogP contribution in [-0.2, 0) is 14.9 Å². The lowest BCUT2D eigenvalue weighted by Gasteiger charge is -2.19. The molecule has 1 heterocycles. The number of benzene rings is 1. The molecule has 4 heteroatoms. The smallest absolute Gasteiger partial charge is 0.319 e. The number of hydrogen-bond donors (Lipinski definition) is 1. The number of aromatic amines is 1. The van der Waals surface area contributed by atoms with Gasteiger partial charge in [0, 0.05) is 0 Å². The number of imidazole rings is 1. The van der Waals surface area contributed by atoms with E-state index < -0.39 is 5.41 Å². The van der Waals surface area contributed by atoms with E-state index >= 15 is 0 Å². The molecule has 0 fully saturated rings. The number of esters is 1. The van der Waals surface area contributed by atoms with Gasteiger partial charge in [-0.3, -0.25) is 4.79 Å². The van der Waals surface area contributed by atoms with E-state index in [2.05, 4.69) is 16.0 Å². The molecule has 2 aromatic rings. The molecule has 0 aliphatic heterocycles. The number of fused-ring (bicyclic) bond motifs is 1. The van der Waals surface area contributed by atoms with E-state index in [1.165, 1.54) is 5.56 Å². The van der Waals surface area contributed by atoms with Crippen molar-refractivity contribution in [3.63, 3.8) is 0 Å². The monoisotopic (exact) mass is 260 g/mol. The summed E-state index contributed by atoms with van der Waals surface area (Å²) in [7, 11) is 0. The minimum absolute atomic E-state index is 0.261. The third kappa shape index (κ3) is 2.35. The number of aryl methyl sites for hydroxylation is 2. The minimum Gasteiger partial charge on any atom is -0.465 e. The molecule has 0 spiro atoms. The van der Waals surface area contributed by atoms with E-state index in [4.69, 9.17) is 4.74 Å². The second-order valence-corrected chi connectivity index (χ2v) is 5.41. The van der Waals surface area contributed by atoms with Crippen LogP contribution in [0.15, 0.2) is 12.1 Å². The van der Waals surface area contributed by atoms with Crippen molar-refractivity contribution in [2.75, 3.05) is 6.61 Å². The maximum absolute atomic E-state index is 12.0. The van der Waals surface area contributed by atoms with E-state index in [1.807, 2.05) is 33.8 Å². The average molecular weight is 260 g/mol. The molecule has 0 atom stereocenters. The number of aromatic nitrogens is 2. The number of hydrogen-bond acceptors (Lipinski definition) is 3. The molecule has 1 aromatic carbocycles. The number of rotatable bonds is 3. The second kappa shape index (κ2) is 4.68. The molecule has 0 amide bonds. The Morgan fingerprint density at radius 2 is 2.05 bits per heavy atom. The molecule has 0 bridgehead atoms. The van der Waals surface area contributed by atoms with Crippen molar-refractivity contribution < 1.29 is 9.53 Å². The fourth-order valence-electron chi connectivity index (χ4n) is 2.18. The molecule has 4 nitrogen and oxygen atoms in total. The van der Waals surface area contributed by atoms with Gasteiger partial charge in [-0.05, 0) is 51.8 Å². The first-order valence-corrected chi connectivity index (χ1v) is 6.51. The highest BCUT2D eigenvalue weighted by molar-refractivity contribution is 5.85. The second-order valence-electron chi connectivity index (χ2n) is 5.41. The van der Waals surface area contributed by atoms with Gasteiger partial charge in [0.25, 0.3) is 0 Å². The SMILES string of the molecule is CCOC(=O)C(C)(C)c1nc2c(C)cc(C)cc2[nH]1. The lowest BCUT2D eigenvalue weighted by molar-refractivity contribution is -0.149. The topological polar surface area (TPSA) is 55.0 Å². The predicted molar refractivity (Wildman–Crippen MR) is 75.2 cm³/mol. The number of nitrogens with one attached hydrogen (secondary N) is 1. The zero-order chi connectivity index (χ0) is 14.2. The highest BCUT2D eigenvalue weighted by atomic mass is 16.5. The molecule has 102 valence electrons. The van der Waals surface area contributed by atoms with E-state index in [9.17, 15) is 4.79 Å². The average Bonchev–Trinajstić information content (AvgIpc) is 2.73. The van der Waals surface area contributed by atoms with Gasteiger partial charge in [-0.15, -0.1) is 0 Å². The summed E-state index contributed by atoms with van der Waals surface area (Å²) in [5, 5.41) is 0. The number of carbonyl (C=O) groups excluding carboxylic acids is 1. The first-order valence-electron chi connectivity index (χ1n) is 6.51. The number of carbonyl (C=O) groups is 1. The van der Waals surface area contributed by atoms with Crippen LogP contribution < -0.4 is 0 Å². The van der Waals surface area contributed by atoms with Gasteiger partial charge in [0.1, 0.15) is 11.2 Å². The van der Waals surface area contributed by atoms with E-state index in [-0.39, 0.29) is 5.97 Å². The van der Waals surface area contributed by atoms with Gasteiger partial charge >= 0.3 is 5.97 Å². The standard InChI is InChI=1S/C15H20N2O2/c1-6-19-14(18)15(4,5)13-16-11-8-9(2)7-10(3)12(11)17-13/h7-8H,6H2,1-5H3,(H,16,17). The van der Waals surface area contributed by atoms with Crippen molar-refractivity contribution in [3.05, 3.63) is 29.1 Å². The molecule has 1 N–H and O–H groups in total. The van der Waals surface area contributed by atoms with Gasteiger partial charge in [0.15, 0.2) is 0 Å². The Bertz CT molecular complexity index is 626. The third-order valence-corrected chi connectivity index (χ3v) is 3.30. The Morgan fingerprint density at radius 3 is 2.68 bits per heavy atom. The Labute approximate surface area is 113 Å². The largest absolute Gasteiger partial charge is 0.465 e. The highest BCUT2D eigenvalue weighted by Crippen LogP contribution is 2.26. The predicted octanol–water partition coefficient (Wildman–Crippen LogP) is 3.02. The van der Waals surface area contributed by atoms with Crippen LogP contribution >= 0.6 is 0 Å². The van der Waals surface area contributed by atoms with Crippen LogP contribution in [0.2, 0.25) is 0 Å². The molecule has 19 heavy (non-hydrogen) atoms. The Kier molecular flexibility index (Phi) is 3.35. The van der Waals surface area contributed by atoms with Crippen LogP contribution in [0.4, 0.5) is 0 Å². The van der Waals surface area contributed by atoms with Crippen LogP contribution in [0, 0.1) is 13.8 Å². The quantitative estimate of drug-likeness (QED) is 0.863. The maximum Gasteiger partial charge on any atom is 0.319 e. The summed E-state index contributed by atoms with van der Waals surface area (Å²) in [6.45, 7) is 9.90. The molecule has 2 rings (SSSR count). The lowest BCUT2D eigenvalue weighted by atomic mass is 9.93. The Hall–Kier alpha value is -1.84. The molecule has 0 unspecified atom stereocenters. The van der Waals surface area contributed by atoms with E-state index in [0.717, 1.165) is 16.6 Å². The maximum atomic E-state index is 12.0. The van der Waals surface area contributed by atoms with Crippen LogP contribution in [0.5, 0.6) is 0 Å². The van der Waals surface area contributed by atoms with Gasteiger partial charge < -0.3 is 9.72 Å². The Balaban J connectivity index is 2.52. The number of ether oxygens (including phenoxy) is 1. The van der Waals surface area contributed by atoms with Crippen molar-refractivity contribution in [1.82, 2.24) is 9.97 Å². The first kappa shape index (κ1) is 13.6. The normalized spacial score (nSPS) is 11.8. The van der Waals surface area contributed by atoms with Crippen molar-refractivity contribution in [2.45, 2.75) is 40.0 Å². The minimum atomic E-state index is -0.768. The summed E-state index contributed by atoms with van der Waals surface area (Å²) in [5.74, 6) is 0.387. The van der Waals surface area contributed by atoms with Crippen LogP contribution in [0.25, 0.3) is 11.0 Å². The Morgan fingerprint density at radius 1 is 1.37 bits per heavy atom. The fraction of sp³-hybridized carbons (Fsp3) is 0.467. The molecular formula is C15H20N2O2. The van der Waals surface area contributed by atoms with Gasteiger partial charge in [-0.1, -0.05) is 6.07 Å². The van der Waals surface area contributed by atoms with Crippen molar-refractivity contribution in [3.8, 4) is 0 Å². The van der Waals surface area contributed by atoms with Crippen LogP contribution in [0.3, 0.4) is 0 Å². The van der Waals surface area contributed by atoms with Gasteiger partial charge in [0.05, 0.1) is 17.6 Å². The molecule has 0 aliphatic carbocycles. The summed E-state index contributed by atoms with van der Waals surface area (Å²) in [5.41, 5.74) is 3.39. The molecule has 0 saturated carbocycles. The summed E-state index contributed by atoms with van der Waals surface area (Å²) >= 11 is 0. The molecule has 0 radical (unpaired) electrons. The van der Waals surface area contributed by atoms with Gasteiger partial charge in [-0.25, -0.2) is 4.98 Å². The molecular weight excluding hydrogens is 240 g/mol.